The van der Waals surface area contributed by atoms with Gasteiger partial charge in [-0.3, -0.25) is 4.79 Å². The van der Waals surface area contributed by atoms with Gasteiger partial charge in [0.05, 0.1) is 0 Å². The summed E-state index contributed by atoms with van der Waals surface area (Å²) in [5, 5.41) is 0. The largest absolute Gasteiger partial charge is 0.299 e. The lowest BCUT2D eigenvalue weighted by molar-refractivity contribution is -0.128. The first-order valence-electron chi connectivity index (χ1n) is 7.24. The van der Waals surface area contributed by atoms with Crippen molar-refractivity contribution >= 4 is 5.78 Å². The van der Waals surface area contributed by atoms with Gasteiger partial charge in [0.25, 0.3) is 0 Å². The molecule has 92 valence electrons. The highest BCUT2D eigenvalue weighted by Crippen LogP contribution is 2.38. The zero-order valence-corrected chi connectivity index (χ0v) is 10.9. The average molecular weight is 222 g/mol. The number of carbonyl (C=O) groups excluding carboxylic acids is 1. The van der Waals surface area contributed by atoms with Gasteiger partial charge in [-0.05, 0) is 43.9 Å². The van der Waals surface area contributed by atoms with Gasteiger partial charge in [-0.15, -0.1) is 0 Å². The lowest BCUT2D eigenvalue weighted by Gasteiger charge is -2.27. The van der Waals surface area contributed by atoms with Crippen LogP contribution in [0, 0.1) is 23.7 Å². The molecule has 0 heterocycles. The van der Waals surface area contributed by atoms with E-state index in [-0.39, 0.29) is 0 Å². The molecule has 1 heteroatoms. The molecule has 2 saturated carbocycles. The number of hydrogen-bond donors (Lipinski definition) is 0. The molecule has 0 amide bonds. The lowest BCUT2D eigenvalue weighted by Crippen LogP contribution is -2.26. The Morgan fingerprint density at radius 3 is 2.44 bits per heavy atom. The Labute approximate surface area is 100.0 Å². The van der Waals surface area contributed by atoms with Crippen molar-refractivity contribution in [2.75, 3.05) is 0 Å². The quantitative estimate of drug-likeness (QED) is 0.699. The third-order valence-electron chi connectivity index (χ3n) is 4.86. The molecule has 4 atom stereocenters. The van der Waals surface area contributed by atoms with Crippen LogP contribution in [0.2, 0.25) is 0 Å². The summed E-state index contributed by atoms with van der Waals surface area (Å²) < 4.78 is 0. The van der Waals surface area contributed by atoms with Crippen molar-refractivity contribution in [1.29, 1.82) is 0 Å². The van der Waals surface area contributed by atoms with E-state index >= 15 is 0 Å². The lowest BCUT2D eigenvalue weighted by atomic mass is 9.77. The van der Waals surface area contributed by atoms with Gasteiger partial charge in [0, 0.05) is 11.8 Å². The molecular weight excluding hydrogens is 196 g/mol. The molecule has 4 unspecified atom stereocenters. The molecule has 0 aromatic heterocycles. The Morgan fingerprint density at radius 1 is 1.06 bits per heavy atom. The van der Waals surface area contributed by atoms with Gasteiger partial charge < -0.3 is 0 Å². The minimum atomic E-state index is 0.421. The van der Waals surface area contributed by atoms with Crippen LogP contribution in [0.3, 0.4) is 0 Å². The minimum Gasteiger partial charge on any atom is -0.299 e. The Morgan fingerprint density at radius 2 is 1.81 bits per heavy atom. The van der Waals surface area contributed by atoms with Gasteiger partial charge in [-0.25, -0.2) is 0 Å². The first-order valence-corrected chi connectivity index (χ1v) is 7.24. The highest BCUT2D eigenvalue weighted by Gasteiger charge is 2.34. The summed E-state index contributed by atoms with van der Waals surface area (Å²) in [6.45, 7) is 4.57. The van der Waals surface area contributed by atoms with Crippen LogP contribution in [0.5, 0.6) is 0 Å². The van der Waals surface area contributed by atoms with Crippen LogP contribution in [0.25, 0.3) is 0 Å². The maximum absolute atomic E-state index is 12.4. The number of Topliss-reactive ketones (excluding diaryl/α,β-unsaturated/α-hetero) is 1. The second-order valence-corrected chi connectivity index (χ2v) is 6.16. The van der Waals surface area contributed by atoms with Crippen LogP contribution in [0.15, 0.2) is 0 Å². The maximum Gasteiger partial charge on any atom is 0.139 e. The van der Waals surface area contributed by atoms with Crippen molar-refractivity contribution in [2.45, 2.75) is 65.2 Å². The van der Waals surface area contributed by atoms with Crippen LogP contribution in [-0.4, -0.2) is 5.78 Å². The summed E-state index contributed by atoms with van der Waals surface area (Å²) in [6, 6.07) is 0. The van der Waals surface area contributed by atoms with Crippen LogP contribution in [0.4, 0.5) is 0 Å². The number of rotatable bonds is 3. The van der Waals surface area contributed by atoms with Crippen LogP contribution in [-0.2, 0) is 4.79 Å². The van der Waals surface area contributed by atoms with Crippen molar-refractivity contribution in [3.05, 3.63) is 0 Å². The molecule has 2 aliphatic carbocycles. The van der Waals surface area contributed by atoms with E-state index in [0.29, 0.717) is 17.6 Å². The smallest absolute Gasteiger partial charge is 0.139 e. The molecule has 0 N–H and O–H groups in total. The van der Waals surface area contributed by atoms with E-state index in [9.17, 15) is 4.79 Å². The van der Waals surface area contributed by atoms with E-state index in [4.69, 9.17) is 0 Å². The molecular formula is C15H26O. The molecule has 2 rings (SSSR count). The van der Waals surface area contributed by atoms with E-state index in [1.807, 2.05) is 0 Å². The third-order valence-corrected chi connectivity index (χ3v) is 4.86. The number of hydrogen-bond acceptors (Lipinski definition) is 1. The van der Waals surface area contributed by atoms with E-state index in [2.05, 4.69) is 13.8 Å². The van der Waals surface area contributed by atoms with E-state index in [1.165, 1.54) is 51.4 Å². The minimum absolute atomic E-state index is 0.421. The van der Waals surface area contributed by atoms with Crippen molar-refractivity contribution in [1.82, 2.24) is 0 Å². The predicted octanol–water partition coefficient (Wildman–Crippen LogP) is 4.21. The molecule has 1 nitrogen and oxygen atoms in total. The molecule has 2 aliphatic rings. The summed E-state index contributed by atoms with van der Waals surface area (Å²) in [6.07, 6.45) is 9.92. The SMILES string of the molecule is CCC1CCC(C(=O)C2CCCC(C)C2)C1. The molecule has 0 saturated heterocycles. The Kier molecular flexibility index (Phi) is 4.05. The van der Waals surface area contributed by atoms with Gasteiger partial charge in [-0.1, -0.05) is 33.1 Å². The molecule has 0 aliphatic heterocycles. The highest BCUT2D eigenvalue weighted by atomic mass is 16.1. The van der Waals surface area contributed by atoms with Crippen molar-refractivity contribution < 1.29 is 4.79 Å². The monoisotopic (exact) mass is 222 g/mol. The zero-order chi connectivity index (χ0) is 11.5. The summed E-state index contributed by atoms with van der Waals surface area (Å²) in [5.74, 6) is 3.10. The van der Waals surface area contributed by atoms with Crippen molar-refractivity contribution in [3.63, 3.8) is 0 Å². The molecule has 2 fully saturated rings. The normalized spacial score (nSPS) is 39.9. The summed E-state index contributed by atoms with van der Waals surface area (Å²) in [4.78, 5) is 12.4. The van der Waals surface area contributed by atoms with Gasteiger partial charge in [0.15, 0.2) is 0 Å². The van der Waals surface area contributed by atoms with Crippen LogP contribution in [0.1, 0.15) is 65.2 Å². The fraction of sp³-hybridized carbons (Fsp3) is 0.933. The van der Waals surface area contributed by atoms with E-state index < -0.39 is 0 Å². The second-order valence-electron chi connectivity index (χ2n) is 6.16. The van der Waals surface area contributed by atoms with Gasteiger partial charge >= 0.3 is 0 Å². The number of ketones is 1. The Hall–Kier alpha value is -0.330. The molecule has 0 aromatic carbocycles. The van der Waals surface area contributed by atoms with Crippen molar-refractivity contribution in [2.24, 2.45) is 23.7 Å². The topological polar surface area (TPSA) is 17.1 Å². The first-order chi connectivity index (χ1) is 7.70. The molecule has 16 heavy (non-hydrogen) atoms. The van der Waals surface area contributed by atoms with Gasteiger partial charge in [0.1, 0.15) is 5.78 Å². The summed E-state index contributed by atoms with van der Waals surface area (Å²) in [5.41, 5.74) is 0. The highest BCUT2D eigenvalue weighted by molar-refractivity contribution is 5.83. The van der Waals surface area contributed by atoms with Crippen LogP contribution < -0.4 is 0 Å². The Bertz CT molecular complexity index is 246. The van der Waals surface area contributed by atoms with E-state index in [1.54, 1.807) is 0 Å². The first kappa shape index (κ1) is 12.1. The summed E-state index contributed by atoms with van der Waals surface area (Å²) >= 11 is 0. The maximum atomic E-state index is 12.4. The number of carbonyl (C=O) groups is 1. The molecule has 0 aromatic rings. The fourth-order valence-corrected chi connectivity index (χ4v) is 3.73. The van der Waals surface area contributed by atoms with Crippen molar-refractivity contribution in [3.8, 4) is 0 Å². The fourth-order valence-electron chi connectivity index (χ4n) is 3.73. The van der Waals surface area contributed by atoms with Gasteiger partial charge in [-0.2, -0.15) is 0 Å². The second kappa shape index (κ2) is 5.33. The van der Waals surface area contributed by atoms with Crippen LogP contribution >= 0.6 is 0 Å². The Balaban J connectivity index is 1.87. The van der Waals surface area contributed by atoms with E-state index in [0.717, 1.165) is 11.8 Å². The average Bonchev–Trinajstić information content (AvgIpc) is 2.76. The summed E-state index contributed by atoms with van der Waals surface area (Å²) in [7, 11) is 0. The zero-order valence-electron chi connectivity index (χ0n) is 10.9. The van der Waals surface area contributed by atoms with Gasteiger partial charge in [0.2, 0.25) is 0 Å². The molecule has 0 spiro atoms. The predicted molar refractivity (Wildman–Crippen MR) is 67.3 cm³/mol. The standard InChI is InChI=1S/C15H26O/c1-3-12-7-8-14(10-12)15(16)13-6-4-5-11(2)9-13/h11-14H,3-10H2,1-2H3. The molecule has 0 bridgehead atoms. The molecule has 0 radical (unpaired) electrons. The third kappa shape index (κ3) is 2.67.